The predicted octanol–water partition coefficient (Wildman–Crippen LogP) is 1.57. The topological polar surface area (TPSA) is 76.6 Å². The number of carbonyl (C=O) groups excluding carboxylic acids is 1. The molecule has 0 bridgehead atoms. The molecule has 2 heterocycles. The van der Waals surface area contributed by atoms with Crippen LogP contribution >= 0.6 is 0 Å². The quantitative estimate of drug-likeness (QED) is 0.803. The SMILES string of the molecule is COC(=O)c1ccc(S(=O)(=O)N2Cc3cccnc3C2)cc1. The summed E-state index contributed by atoms with van der Waals surface area (Å²) in [4.78, 5) is 15.7. The zero-order chi connectivity index (χ0) is 15.7. The highest BCUT2D eigenvalue weighted by atomic mass is 32.2. The molecule has 0 unspecified atom stereocenters. The number of nitrogens with zero attached hydrogens (tertiary/aromatic N) is 2. The van der Waals surface area contributed by atoms with E-state index in [1.54, 1.807) is 12.3 Å². The molecule has 6 nitrogen and oxygen atoms in total. The largest absolute Gasteiger partial charge is 0.465 e. The maximum Gasteiger partial charge on any atom is 0.337 e. The molecule has 0 saturated heterocycles. The average molecular weight is 318 g/mol. The monoisotopic (exact) mass is 318 g/mol. The lowest BCUT2D eigenvalue weighted by atomic mass is 10.2. The van der Waals surface area contributed by atoms with Gasteiger partial charge in [0.25, 0.3) is 0 Å². The second-order valence-electron chi connectivity index (χ2n) is 4.90. The van der Waals surface area contributed by atoms with E-state index < -0.39 is 16.0 Å². The van der Waals surface area contributed by atoms with Crippen LogP contribution in [0.15, 0.2) is 47.5 Å². The van der Waals surface area contributed by atoms with Gasteiger partial charge in [-0.15, -0.1) is 0 Å². The van der Waals surface area contributed by atoms with Crippen LogP contribution in [0.25, 0.3) is 0 Å². The smallest absolute Gasteiger partial charge is 0.337 e. The van der Waals surface area contributed by atoms with Gasteiger partial charge in [0.05, 0.1) is 29.8 Å². The summed E-state index contributed by atoms with van der Waals surface area (Å²) in [6.45, 7) is 0.571. The Balaban J connectivity index is 1.87. The molecule has 0 spiro atoms. The van der Waals surface area contributed by atoms with Gasteiger partial charge in [-0.25, -0.2) is 13.2 Å². The number of esters is 1. The zero-order valence-corrected chi connectivity index (χ0v) is 12.7. The van der Waals surface area contributed by atoms with Gasteiger partial charge in [-0.3, -0.25) is 4.98 Å². The summed E-state index contributed by atoms with van der Waals surface area (Å²) in [6.07, 6.45) is 1.65. The van der Waals surface area contributed by atoms with Crippen molar-refractivity contribution in [3.8, 4) is 0 Å². The molecule has 1 aromatic carbocycles. The van der Waals surface area contributed by atoms with E-state index in [-0.39, 0.29) is 11.4 Å². The highest BCUT2D eigenvalue weighted by Crippen LogP contribution is 2.27. The number of benzene rings is 1. The van der Waals surface area contributed by atoms with E-state index in [0.29, 0.717) is 12.1 Å². The van der Waals surface area contributed by atoms with Crippen molar-refractivity contribution >= 4 is 16.0 Å². The third-order valence-corrected chi connectivity index (χ3v) is 5.38. The molecule has 7 heteroatoms. The molecular weight excluding hydrogens is 304 g/mol. The Kier molecular flexibility index (Phi) is 3.67. The van der Waals surface area contributed by atoms with Crippen molar-refractivity contribution < 1.29 is 17.9 Å². The summed E-state index contributed by atoms with van der Waals surface area (Å²) in [5.41, 5.74) is 2.00. The molecule has 114 valence electrons. The highest BCUT2D eigenvalue weighted by Gasteiger charge is 2.31. The molecule has 3 rings (SSSR count). The van der Waals surface area contributed by atoms with Crippen molar-refractivity contribution in [2.24, 2.45) is 0 Å². The first-order valence-corrected chi connectivity index (χ1v) is 8.07. The van der Waals surface area contributed by atoms with Crippen LogP contribution in [0.4, 0.5) is 0 Å². The molecule has 1 aliphatic rings. The Morgan fingerprint density at radius 2 is 1.91 bits per heavy atom. The number of hydrogen-bond donors (Lipinski definition) is 0. The Labute approximate surface area is 128 Å². The molecule has 2 aromatic rings. The van der Waals surface area contributed by atoms with Gasteiger partial charge in [0.2, 0.25) is 10.0 Å². The summed E-state index contributed by atoms with van der Waals surface area (Å²) in [7, 11) is -2.34. The maximum absolute atomic E-state index is 12.6. The van der Waals surface area contributed by atoms with Gasteiger partial charge in [-0.2, -0.15) is 4.31 Å². The minimum atomic E-state index is -3.61. The van der Waals surface area contributed by atoms with Gasteiger partial charge >= 0.3 is 5.97 Å². The van der Waals surface area contributed by atoms with Crippen molar-refractivity contribution in [2.45, 2.75) is 18.0 Å². The summed E-state index contributed by atoms with van der Waals surface area (Å²) in [6, 6.07) is 9.38. The number of hydrogen-bond acceptors (Lipinski definition) is 5. The normalized spacial score (nSPS) is 14.6. The molecule has 1 aromatic heterocycles. The molecule has 1 aliphatic heterocycles. The van der Waals surface area contributed by atoms with Crippen LogP contribution < -0.4 is 0 Å². The molecule has 0 fully saturated rings. The minimum absolute atomic E-state index is 0.146. The number of rotatable bonds is 3. The van der Waals surface area contributed by atoms with Gasteiger partial charge in [-0.1, -0.05) is 6.07 Å². The lowest BCUT2D eigenvalue weighted by Crippen LogP contribution is -2.25. The van der Waals surface area contributed by atoms with Gasteiger partial charge in [-0.05, 0) is 35.9 Å². The number of pyridine rings is 1. The Bertz CT molecular complexity index is 791. The first-order chi connectivity index (χ1) is 10.5. The number of sulfonamides is 1. The number of aromatic nitrogens is 1. The number of methoxy groups -OCH3 is 1. The van der Waals surface area contributed by atoms with Crippen LogP contribution in [0.1, 0.15) is 21.6 Å². The van der Waals surface area contributed by atoms with Crippen molar-refractivity contribution in [1.29, 1.82) is 0 Å². The van der Waals surface area contributed by atoms with Crippen molar-refractivity contribution in [2.75, 3.05) is 7.11 Å². The van der Waals surface area contributed by atoms with Gasteiger partial charge in [0.1, 0.15) is 0 Å². The fourth-order valence-electron chi connectivity index (χ4n) is 2.37. The van der Waals surface area contributed by atoms with Crippen LogP contribution in [0.2, 0.25) is 0 Å². The van der Waals surface area contributed by atoms with Crippen LogP contribution in [0, 0.1) is 0 Å². The van der Waals surface area contributed by atoms with Crippen LogP contribution in [0.5, 0.6) is 0 Å². The van der Waals surface area contributed by atoms with E-state index in [0.717, 1.165) is 11.3 Å². The third-order valence-electron chi connectivity index (χ3n) is 3.57. The summed E-state index contributed by atoms with van der Waals surface area (Å²) in [5.74, 6) is -0.498. The van der Waals surface area contributed by atoms with E-state index in [2.05, 4.69) is 9.72 Å². The summed E-state index contributed by atoms with van der Waals surface area (Å²) in [5, 5.41) is 0. The van der Waals surface area contributed by atoms with E-state index in [9.17, 15) is 13.2 Å². The molecule has 0 radical (unpaired) electrons. The molecule has 0 aliphatic carbocycles. The second kappa shape index (κ2) is 5.51. The fourth-order valence-corrected chi connectivity index (χ4v) is 3.75. The standard InChI is InChI=1S/C15H14N2O4S/c1-21-15(18)11-4-6-13(7-5-11)22(19,20)17-9-12-3-2-8-16-14(12)10-17/h2-8H,9-10H2,1H3. The number of ether oxygens (including phenoxy) is 1. The molecular formula is C15H14N2O4S. The maximum atomic E-state index is 12.6. The zero-order valence-electron chi connectivity index (χ0n) is 11.9. The van der Waals surface area contributed by atoms with Crippen LogP contribution in [0.3, 0.4) is 0 Å². The summed E-state index contributed by atoms with van der Waals surface area (Å²) >= 11 is 0. The Morgan fingerprint density at radius 1 is 1.18 bits per heavy atom. The average Bonchev–Trinajstić information content (AvgIpc) is 2.99. The van der Waals surface area contributed by atoms with Crippen molar-refractivity contribution in [1.82, 2.24) is 9.29 Å². The lowest BCUT2D eigenvalue weighted by molar-refractivity contribution is 0.0600. The Hall–Kier alpha value is -2.25. The minimum Gasteiger partial charge on any atom is -0.465 e. The van der Waals surface area contributed by atoms with Crippen molar-refractivity contribution in [3.63, 3.8) is 0 Å². The summed E-state index contributed by atoms with van der Waals surface area (Å²) < 4.78 is 31.2. The molecule has 0 atom stereocenters. The van der Waals surface area contributed by atoms with E-state index in [1.807, 2.05) is 6.07 Å². The first kappa shape index (κ1) is 14.7. The molecule has 0 saturated carbocycles. The highest BCUT2D eigenvalue weighted by molar-refractivity contribution is 7.89. The van der Waals surface area contributed by atoms with Crippen LogP contribution in [-0.4, -0.2) is 30.8 Å². The molecule has 0 amide bonds. The van der Waals surface area contributed by atoms with Gasteiger partial charge < -0.3 is 4.74 Å². The van der Waals surface area contributed by atoms with E-state index >= 15 is 0 Å². The van der Waals surface area contributed by atoms with Crippen LogP contribution in [-0.2, 0) is 27.8 Å². The molecule has 22 heavy (non-hydrogen) atoms. The predicted molar refractivity (Wildman–Crippen MR) is 78.5 cm³/mol. The second-order valence-corrected chi connectivity index (χ2v) is 6.84. The molecule has 0 N–H and O–H groups in total. The van der Waals surface area contributed by atoms with E-state index in [4.69, 9.17) is 0 Å². The van der Waals surface area contributed by atoms with Crippen molar-refractivity contribution in [3.05, 3.63) is 59.4 Å². The number of fused-ring (bicyclic) bond motifs is 1. The fraction of sp³-hybridized carbons (Fsp3) is 0.200. The third kappa shape index (κ3) is 2.49. The first-order valence-electron chi connectivity index (χ1n) is 6.63. The van der Waals surface area contributed by atoms with Gasteiger partial charge in [0, 0.05) is 12.7 Å². The Morgan fingerprint density at radius 3 is 2.55 bits per heavy atom. The van der Waals surface area contributed by atoms with E-state index in [1.165, 1.54) is 35.7 Å². The number of carbonyl (C=O) groups is 1. The van der Waals surface area contributed by atoms with Gasteiger partial charge in [0.15, 0.2) is 0 Å². The lowest BCUT2D eigenvalue weighted by Gasteiger charge is -2.15.